The molecule has 0 radical (unpaired) electrons. The number of hydrogen-bond donors (Lipinski definition) is 10. The van der Waals surface area contributed by atoms with E-state index in [-0.39, 0.29) is 37.7 Å². The zero-order valence-corrected chi connectivity index (χ0v) is 39.1. The highest BCUT2D eigenvalue weighted by atomic mass is 32.2. The first-order chi connectivity index (χ1) is 30.1. The molecule has 1 aliphatic rings. The van der Waals surface area contributed by atoms with E-state index in [2.05, 4.69) is 36.9 Å². The molecule has 358 valence electrons. The first-order valence-electron chi connectivity index (χ1n) is 21.7. The number of nitrogens with one attached hydrogen (secondary N) is 6. The summed E-state index contributed by atoms with van der Waals surface area (Å²) in [6, 6.07) is -0.101. The molecule has 0 heterocycles. The van der Waals surface area contributed by atoms with Crippen LogP contribution in [-0.2, 0) is 38.4 Å². The summed E-state index contributed by atoms with van der Waals surface area (Å²) in [5.41, 5.74) is 16.1. The number of carbonyl (C=O) groups excluding carboxylic acids is 8. The van der Waals surface area contributed by atoms with Crippen LogP contribution in [0.3, 0.4) is 0 Å². The number of aliphatic imine (C=N–C) groups is 1. The van der Waals surface area contributed by atoms with Gasteiger partial charge in [0.05, 0.1) is 6.61 Å². The summed E-state index contributed by atoms with van der Waals surface area (Å²) in [6.07, 6.45) is 7.67. The number of thioether (sulfide) groups is 1. The van der Waals surface area contributed by atoms with Crippen LogP contribution in [-0.4, -0.2) is 132 Å². The number of primary amides is 1. The van der Waals surface area contributed by atoms with Gasteiger partial charge in [-0.05, 0) is 61.5 Å². The van der Waals surface area contributed by atoms with E-state index in [1.807, 2.05) is 6.26 Å². The number of guanidine groups is 1. The van der Waals surface area contributed by atoms with Crippen molar-refractivity contribution >= 4 is 65.0 Å². The van der Waals surface area contributed by atoms with E-state index in [0.29, 0.717) is 17.7 Å². The molecule has 1 saturated carbocycles. The van der Waals surface area contributed by atoms with E-state index in [1.54, 1.807) is 51.1 Å². The van der Waals surface area contributed by atoms with E-state index in [4.69, 9.17) is 17.2 Å². The normalized spacial score (nSPS) is 16.2. The molecule has 1 aliphatic carbocycles. The van der Waals surface area contributed by atoms with E-state index in [0.717, 1.165) is 32.1 Å². The fourth-order valence-electron chi connectivity index (χ4n) is 7.41. The Kier molecular flexibility index (Phi) is 23.1. The summed E-state index contributed by atoms with van der Waals surface area (Å²) in [4.78, 5) is 112. The first kappa shape index (κ1) is 54.7. The van der Waals surface area contributed by atoms with Crippen molar-refractivity contribution in [2.24, 2.45) is 33.5 Å². The standard InChI is InChI=1S/C43H71N11O9S/c1-25(36(58)52-32(24-55)39(61)53-34(35(44)57)43(3,4)5)48-37(59)29(20-22-64-7)50-40(62)33(28-17-12-9-13-18-28)54(6)41(63)30(19-14-21-47-42(45)46)51-38(60)31(49-26(2)56)23-27-15-10-8-11-16-27/h9,12-13,17-18,25,27,29-34,55H,8,10-11,14-16,19-24H2,1-7H3,(H2,44,57)(H,48,59)(H,49,56)(H,50,62)(H,51,60)(H,52,58)(H,53,61)(H4,45,46,47)/t25-,29-,30-,31-,32-,33-,34+/m0/s1. The van der Waals surface area contributed by atoms with Crippen LogP contribution in [0.1, 0.15) is 104 Å². The minimum Gasteiger partial charge on any atom is -0.394 e. The van der Waals surface area contributed by atoms with Crippen LogP contribution in [0.2, 0.25) is 0 Å². The van der Waals surface area contributed by atoms with Gasteiger partial charge in [0.1, 0.15) is 42.3 Å². The molecule has 8 amide bonds. The Morgan fingerprint density at radius 2 is 1.36 bits per heavy atom. The Balaban J connectivity index is 2.38. The van der Waals surface area contributed by atoms with Crippen molar-refractivity contribution in [2.75, 3.05) is 32.2 Å². The number of aliphatic hydroxyl groups is 1. The Hall–Kier alpha value is -5.44. The highest BCUT2D eigenvalue weighted by Crippen LogP contribution is 2.28. The van der Waals surface area contributed by atoms with E-state index in [1.165, 1.54) is 37.6 Å². The van der Waals surface area contributed by atoms with Crippen LogP contribution in [0.15, 0.2) is 35.3 Å². The van der Waals surface area contributed by atoms with Gasteiger partial charge in [0, 0.05) is 20.5 Å². The lowest BCUT2D eigenvalue weighted by atomic mass is 9.84. The van der Waals surface area contributed by atoms with Gasteiger partial charge in [0.25, 0.3) is 0 Å². The minimum absolute atomic E-state index is 0.0743. The highest BCUT2D eigenvalue weighted by molar-refractivity contribution is 7.98. The van der Waals surface area contributed by atoms with Crippen LogP contribution in [0.4, 0.5) is 0 Å². The molecule has 0 unspecified atom stereocenters. The number of amides is 8. The summed E-state index contributed by atoms with van der Waals surface area (Å²) in [6.45, 7) is 7.02. The molecule has 21 heteroatoms. The third-order valence-corrected chi connectivity index (χ3v) is 11.5. The maximum atomic E-state index is 14.5. The van der Waals surface area contributed by atoms with Crippen LogP contribution < -0.4 is 49.1 Å². The number of benzene rings is 1. The van der Waals surface area contributed by atoms with Gasteiger partial charge in [-0.3, -0.25) is 43.3 Å². The van der Waals surface area contributed by atoms with Gasteiger partial charge in [0.15, 0.2) is 5.96 Å². The molecule has 0 aliphatic heterocycles. The molecule has 1 fully saturated rings. The Labute approximate surface area is 380 Å². The molecule has 13 N–H and O–H groups in total. The number of carbonyl (C=O) groups is 8. The SMILES string of the molecule is CSCC[C@H](NC(=O)[C@H](c1ccccc1)N(C)C(=O)[C@H](CCCN=C(N)N)NC(=O)[C@H](CC1CCCCC1)NC(C)=O)C(=O)N[C@@H](C)C(=O)N[C@@H](CO)C(=O)N[C@H](C(N)=O)C(C)(C)C. The van der Waals surface area contributed by atoms with Crippen molar-refractivity contribution in [3.05, 3.63) is 35.9 Å². The number of likely N-dealkylation sites (N-methyl/N-ethyl adjacent to an activating group) is 1. The van der Waals surface area contributed by atoms with Gasteiger partial charge >= 0.3 is 0 Å². The van der Waals surface area contributed by atoms with E-state index >= 15 is 0 Å². The number of hydrogen-bond acceptors (Lipinski definition) is 11. The molecule has 2 rings (SSSR count). The van der Waals surface area contributed by atoms with Crippen molar-refractivity contribution in [3.8, 4) is 0 Å². The monoisotopic (exact) mass is 918 g/mol. The van der Waals surface area contributed by atoms with Crippen molar-refractivity contribution in [3.63, 3.8) is 0 Å². The molecule has 20 nitrogen and oxygen atoms in total. The molecular weight excluding hydrogens is 847 g/mol. The fraction of sp³-hybridized carbons (Fsp3) is 0.651. The number of nitrogens with zero attached hydrogens (tertiary/aromatic N) is 2. The lowest BCUT2D eigenvalue weighted by Crippen LogP contribution is -2.60. The zero-order chi connectivity index (χ0) is 48.1. The average Bonchev–Trinajstić information content (AvgIpc) is 3.23. The molecule has 0 aromatic heterocycles. The van der Waals surface area contributed by atoms with Crippen molar-refractivity contribution in [1.29, 1.82) is 0 Å². The Morgan fingerprint density at radius 1 is 0.781 bits per heavy atom. The summed E-state index contributed by atoms with van der Waals surface area (Å²) >= 11 is 1.40. The second kappa shape index (κ2) is 27.0. The third kappa shape index (κ3) is 18.3. The number of aliphatic hydroxyl groups excluding tert-OH is 1. The maximum Gasteiger partial charge on any atom is 0.248 e. The highest BCUT2D eigenvalue weighted by Gasteiger charge is 2.38. The second-order valence-electron chi connectivity index (χ2n) is 17.3. The summed E-state index contributed by atoms with van der Waals surface area (Å²) in [5.74, 6) is -5.11. The van der Waals surface area contributed by atoms with Crippen LogP contribution >= 0.6 is 11.8 Å². The quantitative estimate of drug-likeness (QED) is 0.0335. The van der Waals surface area contributed by atoms with Gasteiger partial charge in [-0.1, -0.05) is 83.2 Å². The number of rotatable bonds is 25. The zero-order valence-electron chi connectivity index (χ0n) is 38.2. The lowest BCUT2D eigenvalue weighted by molar-refractivity contribution is -0.143. The third-order valence-electron chi connectivity index (χ3n) is 10.9. The van der Waals surface area contributed by atoms with Gasteiger partial charge in [-0.15, -0.1) is 0 Å². The predicted octanol–water partition coefficient (Wildman–Crippen LogP) is -0.565. The van der Waals surface area contributed by atoms with Crippen LogP contribution in [0.5, 0.6) is 0 Å². The summed E-state index contributed by atoms with van der Waals surface area (Å²) < 4.78 is 0. The molecule has 64 heavy (non-hydrogen) atoms. The smallest absolute Gasteiger partial charge is 0.248 e. The molecule has 0 bridgehead atoms. The average molecular weight is 918 g/mol. The van der Waals surface area contributed by atoms with Gasteiger partial charge < -0.3 is 59.1 Å². The largest absolute Gasteiger partial charge is 0.394 e. The fourth-order valence-corrected chi connectivity index (χ4v) is 7.88. The molecule has 0 saturated heterocycles. The van der Waals surface area contributed by atoms with Crippen molar-refractivity contribution < 1.29 is 43.5 Å². The van der Waals surface area contributed by atoms with Gasteiger partial charge in [-0.2, -0.15) is 11.8 Å². The Morgan fingerprint density at radius 3 is 1.91 bits per heavy atom. The van der Waals surface area contributed by atoms with Gasteiger partial charge in [-0.25, -0.2) is 0 Å². The molecule has 1 aromatic rings. The predicted molar refractivity (Wildman–Crippen MR) is 245 cm³/mol. The maximum absolute atomic E-state index is 14.5. The summed E-state index contributed by atoms with van der Waals surface area (Å²) in [5, 5.41) is 25.7. The molecular formula is C43H71N11O9S. The topological polar surface area (TPSA) is 323 Å². The van der Waals surface area contributed by atoms with E-state index in [9.17, 15) is 43.5 Å². The summed E-state index contributed by atoms with van der Waals surface area (Å²) in [7, 11) is 1.41. The second-order valence-corrected chi connectivity index (χ2v) is 18.3. The van der Waals surface area contributed by atoms with Crippen molar-refractivity contribution in [1.82, 2.24) is 36.8 Å². The van der Waals surface area contributed by atoms with E-state index < -0.39 is 102 Å². The van der Waals surface area contributed by atoms with Crippen molar-refractivity contribution in [2.45, 2.75) is 135 Å². The lowest BCUT2D eigenvalue weighted by Gasteiger charge is -2.33. The minimum atomic E-state index is -1.49. The molecule has 7 atom stereocenters. The first-order valence-corrected chi connectivity index (χ1v) is 23.1. The number of nitrogens with two attached hydrogens (primary N) is 3. The Bertz CT molecular complexity index is 1770. The van der Waals surface area contributed by atoms with Crippen LogP contribution in [0, 0.1) is 11.3 Å². The van der Waals surface area contributed by atoms with Crippen LogP contribution in [0.25, 0.3) is 0 Å². The molecule has 1 aromatic carbocycles. The molecule has 0 spiro atoms. The van der Waals surface area contributed by atoms with Gasteiger partial charge in [0.2, 0.25) is 47.3 Å².